The SMILES string of the molecule is CCCCCCCCCCCCc1c(C)cc2ccccc2c1C(=O)O. The van der Waals surface area contributed by atoms with E-state index < -0.39 is 5.97 Å². The lowest BCUT2D eigenvalue weighted by molar-refractivity contribution is 0.0697. The molecule has 142 valence electrons. The average Bonchev–Trinajstić information content (AvgIpc) is 2.63. The van der Waals surface area contributed by atoms with Crippen LogP contribution in [0.1, 0.15) is 92.6 Å². The molecule has 0 bridgehead atoms. The van der Waals surface area contributed by atoms with Crippen molar-refractivity contribution >= 4 is 16.7 Å². The Morgan fingerprint density at radius 1 is 0.885 bits per heavy atom. The maximum Gasteiger partial charge on any atom is 0.336 e. The summed E-state index contributed by atoms with van der Waals surface area (Å²) in [7, 11) is 0. The summed E-state index contributed by atoms with van der Waals surface area (Å²) in [6.07, 6.45) is 13.9. The molecule has 0 saturated carbocycles. The highest BCUT2D eigenvalue weighted by molar-refractivity contribution is 6.05. The Morgan fingerprint density at radius 2 is 1.46 bits per heavy atom. The first kappa shape index (κ1) is 20.5. The van der Waals surface area contributed by atoms with Gasteiger partial charge < -0.3 is 5.11 Å². The lowest BCUT2D eigenvalue weighted by Crippen LogP contribution is -2.06. The number of fused-ring (bicyclic) bond motifs is 1. The molecule has 1 N–H and O–H groups in total. The van der Waals surface area contributed by atoms with Crippen LogP contribution in [0.2, 0.25) is 0 Å². The van der Waals surface area contributed by atoms with Gasteiger partial charge in [-0.3, -0.25) is 0 Å². The molecule has 0 heterocycles. The van der Waals surface area contributed by atoms with Crippen molar-refractivity contribution in [1.82, 2.24) is 0 Å². The lowest BCUT2D eigenvalue weighted by Gasteiger charge is -2.13. The highest BCUT2D eigenvalue weighted by Gasteiger charge is 2.16. The fraction of sp³-hybridized carbons (Fsp3) is 0.542. The molecule has 0 unspecified atom stereocenters. The molecule has 2 aromatic carbocycles. The first-order chi connectivity index (χ1) is 12.6. The number of aromatic carboxylic acids is 1. The van der Waals surface area contributed by atoms with Crippen LogP contribution in [0, 0.1) is 6.92 Å². The first-order valence-corrected chi connectivity index (χ1v) is 10.4. The van der Waals surface area contributed by atoms with E-state index in [1.54, 1.807) is 0 Å². The van der Waals surface area contributed by atoms with Crippen molar-refractivity contribution in [2.45, 2.75) is 84.5 Å². The highest BCUT2D eigenvalue weighted by atomic mass is 16.4. The summed E-state index contributed by atoms with van der Waals surface area (Å²) < 4.78 is 0. The van der Waals surface area contributed by atoms with Crippen molar-refractivity contribution < 1.29 is 9.90 Å². The Morgan fingerprint density at radius 3 is 2.08 bits per heavy atom. The fourth-order valence-corrected chi connectivity index (χ4v) is 3.89. The van der Waals surface area contributed by atoms with Gasteiger partial charge in [0.2, 0.25) is 0 Å². The van der Waals surface area contributed by atoms with E-state index in [0.717, 1.165) is 34.7 Å². The Balaban J connectivity index is 1.84. The monoisotopic (exact) mass is 354 g/mol. The van der Waals surface area contributed by atoms with Crippen LogP contribution in [0.3, 0.4) is 0 Å². The van der Waals surface area contributed by atoms with Gasteiger partial charge >= 0.3 is 5.97 Å². The third-order valence-corrected chi connectivity index (χ3v) is 5.37. The Labute approximate surface area is 158 Å². The van der Waals surface area contributed by atoms with Crippen molar-refractivity contribution in [3.63, 3.8) is 0 Å². The molecule has 2 heteroatoms. The largest absolute Gasteiger partial charge is 0.478 e. The molecule has 2 nitrogen and oxygen atoms in total. The molecule has 2 rings (SSSR count). The number of aryl methyl sites for hydroxylation is 1. The van der Waals surface area contributed by atoms with Crippen LogP contribution in [0.5, 0.6) is 0 Å². The van der Waals surface area contributed by atoms with Gasteiger partial charge in [0.05, 0.1) is 5.56 Å². The van der Waals surface area contributed by atoms with Crippen molar-refractivity contribution in [3.8, 4) is 0 Å². The van der Waals surface area contributed by atoms with E-state index in [-0.39, 0.29) is 0 Å². The second-order valence-electron chi connectivity index (χ2n) is 7.51. The van der Waals surface area contributed by atoms with Gasteiger partial charge in [-0.25, -0.2) is 4.79 Å². The van der Waals surface area contributed by atoms with Crippen LogP contribution in [-0.2, 0) is 6.42 Å². The molecular weight excluding hydrogens is 320 g/mol. The second kappa shape index (κ2) is 11.0. The van der Waals surface area contributed by atoms with Gasteiger partial charge in [0, 0.05) is 0 Å². The molecular formula is C24H34O2. The van der Waals surface area contributed by atoms with Crippen LogP contribution in [-0.4, -0.2) is 11.1 Å². The van der Waals surface area contributed by atoms with Gasteiger partial charge in [-0.05, 0) is 41.7 Å². The summed E-state index contributed by atoms with van der Waals surface area (Å²) in [4.78, 5) is 11.9. The third-order valence-electron chi connectivity index (χ3n) is 5.37. The maximum absolute atomic E-state index is 11.9. The van der Waals surface area contributed by atoms with E-state index in [1.165, 1.54) is 57.8 Å². The van der Waals surface area contributed by atoms with Crippen LogP contribution < -0.4 is 0 Å². The van der Waals surface area contributed by atoms with E-state index in [1.807, 2.05) is 31.2 Å². The van der Waals surface area contributed by atoms with Crippen LogP contribution in [0.4, 0.5) is 0 Å². The molecule has 0 atom stereocenters. The zero-order valence-corrected chi connectivity index (χ0v) is 16.5. The minimum Gasteiger partial charge on any atom is -0.478 e. The summed E-state index contributed by atoms with van der Waals surface area (Å²) >= 11 is 0. The zero-order valence-electron chi connectivity index (χ0n) is 16.5. The first-order valence-electron chi connectivity index (χ1n) is 10.4. The van der Waals surface area contributed by atoms with Crippen LogP contribution in [0.25, 0.3) is 10.8 Å². The number of carboxylic acids is 1. The summed E-state index contributed by atoms with van der Waals surface area (Å²) in [5, 5.41) is 11.6. The number of hydrogen-bond acceptors (Lipinski definition) is 1. The number of benzene rings is 2. The minimum absolute atomic E-state index is 0.511. The normalized spacial score (nSPS) is 11.2. The van der Waals surface area contributed by atoms with Gasteiger partial charge in [0.25, 0.3) is 0 Å². The Bertz CT molecular complexity index is 703. The summed E-state index contributed by atoms with van der Waals surface area (Å²) in [5.41, 5.74) is 2.64. The van der Waals surface area contributed by atoms with Gasteiger partial charge in [-0.2, -0.15) is 0 Å². The third kappa shape index (κ3) is 5.86. The van der Waals surface area contributed by atoms with Crippen LogP contribution >= 0.6 is 0 Å². The number of rotatable bonds is 12. The lowest BCUT2D eigenvalue weighted by atomic mass is 9.91. The summed E-state index contributed by atoms with van der Waals surface area (Å²) in [5.74, 6) is -0.799. The van der Waals surface area contributed by atoms with Crippen LogP contribution in [0.15, 0.2) is 30.3 Å². The minimum atomic E-state index is -0.799. The Hall–Kier alpha value is -1.83. The Kier molecular flexibility index (Phi) is 8.67. The molecule has 2 aromatic rings. The predicted molar refractivity (Wildman–Crippen MR) is 111 cm³/mol. The van der Waals surface area contributed by atoms with Gasteiger partial charge in [-0.15, -0.1) is 0 Å². The molecule has 0 fully saturated rings. The van der Waals surface area contributed by atoms with E-state index in [9.17, 15) is 9.90 Å². The van der Waals surface area contributed by atoms with Crippen molar-refractivity contribution in [2.24, 2.45) is 0 Å². The number of unbranched alkanes of at least 4 members (excludes halogenated alkanes) is 9. The number of carbonyl (C=O) groups is 1. The molecule has 0 aromatic heterocycles. The molecule has 0 aliphatic rings. The molecule has 0 saturated heterocycles. The quantitative estimate of drug-likeness (QED) is 0.406. The maximum atomic E-state index is 11.9. The number of carboxylic acid groups (broad SMARTS) is 1. The molecule has 0 aliphatic carbocycles. The standard InChI is InChI=1S/C24H34O2/c1-3-4-5-6-7-8-9-10-11-12-16-21-19(2)18-20-15-13-14-17-22(20)23(21)24(25)26/h13-15,17-18H,3-12,16H2,1-2H3,(H,25,26). The zero-order chi connectivity index (χ0) is 18.8. The summed E-state index contributed by atoms with van der Waals surface area (Å²) in [6.45, 7) is 4.30. The summed E-state index contributed by atoms with van der Waals surface area (Å²) in [6, 6.07) is 9.95. The van der Waals surface area contributed by atoms with E-state index in [2.05, 4.69) is 13.0 Å². The molecule has 0 amide bonds. The smallest absolute Gasteiger partial charge is 0.336 e. The molecule has 0 spiro atoms. The topological polar surface area (TPSA) is 37.3 Å². The highest BCUT2D eigenvalue weighted by Crippen LogP contribution is 2.27. The van der Waals surface area contributed by atoms with Crippen molar-refractivity contribution in [1.29, 1.82) is 0 Å². The number of hydrogen-bond donors (Lipinski definition) is 1. The van der Waals surface area contributed by atoms with Crippen molar-refractivity contribution in [2.75, 3.05) is 0 Å². The fourth-order valence-electron chi connectivity index (χ4n) is 3.89. The molecule has 26 heavy (non-hydrogen) atoms. The van der Waals surface area contributed by atoms with Gasteiger partial charge in [0.1, 0.15) is 0 Å². The molecule has 0 radical (unpaired) electrons. The van der Waals surface area contributed by atoms with Gasteiger partial charge in [-0.1, -0.05) is 95.0 Å². The van der Waals surface area contributed by atoms with Gasteiger partial charge in [0.15, 0.2) is 0 Å². The second-order valence-corrected chi connectivity index (χ2v) is 7.51. The molecule has 0 aliphatic heterocycles. The van der Waals surface area contributed by atoms with Crippen molar-refractivity contribution in [3.05, 3.63) is 47.0 Å². The average molecular weight is 355 g/mol. The predicted octanol–water partition coefficient (Wildman–Crippen LogP) is 7.31. The van der Waals surface area contributed by atoms with E-state index in [4.69, 9.17) is 0 Å². The van der Waals surface area contributed by atoms with E-state index in [0.29, 0.717) is 5.56 Å². The van der Waals surface area contributed by atoms with E-state index >= 15 is 0 Å².